The summed E-state index contributed by atoms with van der Waals surface area (Å²) in [5.74, 6) is 0.586. The van der Waals surface area contributed by atoms with Crippen LogP contribution in [0.25, 0.3) is 0 Å². The van der Waals surface area contributed by atoms with E-state index in [2.05, 4.69) is 4.90 Å². The van der Waals surface area contributed by atoms with Gasteiger partial charge >= 0.3 is 0 Å². The summed E-state index contributed by atoms with van der Waals surface area (Å²) in [5, 5.41) is 0.926. The van der Waals surface area contributed by atoms with Gasteiger partial charge in [-0.2, -0.15) is 0 Å². The number of ether oxygens (including phenoxy) is 2. The van der Waals surface area contributed by atoms with Gasteiger partial charge in [0.05, 0.1) is 30.4 Å². The quantitative estimate of drug-likeness (QED) is 0.848. The molecule has 0 aromatic carbocycles. The van der Waals surface area contributed by atoms with Crippen molar-refractivity contribution in [3.8, 4) is 5.75 Å². The number of hydrogen-bond donors (Lipinski definition) is 1. The Morgan fingerprint density at radius 3 is 2.89 bits per heavy atom. The van der Waals surface area contributed by atoms with Crippen LogP contribution in [0.1, 0.15) is 23.5 Å². The second-order valence-corrected chi connectivity index (χ2v) is 5.37. The van der Waals surface area contributed by atoms with Crippen molar-refractivity contribution in [1.82, 2.24) is 0 Å². The third kappa shape index (κ3) is 2.30. The van der Waals surface area contributed by atoms with Crippen molar-refractivity contribution in [3.63, 3.8) is 0 Å². The van der Waals surface area contributed by atoms with Crippen molar-refractivity contribution in [1.29, 1.82) is 0 Å². The first-order chi connectivity index (χ1) is 8.54. The van der Waals surface area contributed by atoms with Crippen LogP contribution in [0.3, 0.4) is 0 Å². The summed E-state index contributed by atoms with van der Waals surface area (Å²) in [6.07, 6.45) is 0.174. The molecule has 1 saturated heterocycles. The molecule has 0 saturated carbocycles. The predicted molar refractivity (Wildman–Crippen MR) is 72.9 cm³/mol. The zero-order chi connectivity index (χ0) is 13.3. The fourth-order valence-electron chi connectivity index (χ4n) is 2.09. The largest absolute Gasteiger partial charge is 0.492 e. The second-order valence-electron chi connectivity index (χ2n) is 4.37. The number of rotatable bonds is 3. The van der Waals surface area contributed by atoms with E-state index in [4.69, 9.17) is 15.2 Å². The predicted octanol–water partition coefficient (Wildman–Crippen LogP) is 1.77. The lowest BCUT2D eigenvalue weighted by molar-refractivity contribution is 0.0533. The maximum atomic E-state index is 11.5. The lowest BCUT2D eigenvalue weighted by Gasteiger charge is -2.32. The van der Waals surface area contributed by atoms with Crippen LogP contribution in [0, 0.1) is 0 Å². The summed E-state index contributed by atoms with van der Waals surface area (Å²) in [6.45, 7) is 5.80. The van der Waals surface area contributed by atoms with E-state index in [-0.39, 0.29) is 11.9 Å². The van der Waals surface area contributed by atoms with Crippen LogP contribution in [0.15, 0.2) is 0 Å². The van der Waals surface area contributed by atoms with Crippen LogP contribution in [-0.2, 0) is 4.74 Å². The highest BCUT2D eigenvalue weighted by Gasteiger charge is 2.26. The number of nitrogens with zero attached hydrogens (tertiary/aromatic N) is 1. The fourth-order valence-corrected chi connectivity index (χ4v) is 3.21. The molecule has 1 unspecified atom stereocenters. The minimum Gasteiger partial charge on any atom is -0.492 e. The molecule has 18 heavy (non-hydrogen) atoms. The Hall–Kier alpha value is -1.27. The summed E-state index contributed by atoms with van der Waals surface area (Å²) >= 11 is 1.40. The lowest BCUT2D eigenvalue weighted by Crippen LogP contribution is -2.40. The van der Waals surface area contributed by atoms with Crippen LogP contribution in [0.2, 0.25) is 0 Å². The summed E-state index contributed by atoms with van der Waals surface area (Å²) in [5.41, 5.74) is 6.41. The lowest BCUT2D eigenvalue weighted by atomic mass is 10.2. The number of carbonyl (C=O) groups excluding carboxylic acids is 1. The van der Waals surface area contributed by atoms with Crippen molar-refractivity contribution < 1.29 is 14.3 Å². The molecule has 0 spiro atoms. The molecule has 2 heterocycles. The molecule has 0 bridgehead atoms. The molecule has 0 radical (unpaired) electrons. The number of ketones is 1. The number of anilines is 2. The number of thiophene rings is 1. The van der Waals surface area contributed by atoms with Crippen molar-refractivity contribution in [2.75, 3.05) is 37.4 Å². The second kappa shape index (κ2) is 5.16. The molecule has 6 heteroatoms. The number of hydrogen-bond acceptors (Lipinski definition) is 6. The highest BCUT2D eigenvalue weighted by molar-refractivity contribution is 7.19. The van der Waals surface area contributed by atoms with Crippen LogP contribution in [0.4, 0.5) is 10.7 Å². The molecular weight excluding hydrogens is 252 g/mol. The first-order valence-electron chi connectivity index (χ1n) is 5.88. The van der Waals surface area contributed by atoms with Crippen molar-refractivity contribution in [3.05, 3.63) is 4.88 Å². The summed E-state index contributed by atoms with van der Waals surface area (Å²) in [6, 6.07) is 0. The third-order valence-corrected chi connectivity index (χ3v) is 4.28. The molecule has 0 amide bonds. The Bertz CT molecular complexity index is 458. The highest BCUT2D eigenvalue weighted by Crippen LogP contribution is 2.45. The van der Waals surface area contributed by atoms with Gasteiger partial charge in [-0.05, 0) is 6.92 Å². The van der Waals surface area contributed by atoms with Crippen molar-refractivity contribution in [2.45, 2.75) is 20.0 Å². The summed E-state index contributed by atoms with van der Waals surface area (Å²) in [7, 11) is 1.58. The Kier molecular flexibility index (Phi) is 3.77. The maximum Gasteiger partial charge on any atom is 0.177 e. The smallest absolute Gasteiger partial charge is 0.177 e. The Balaban J connectivity index is 2.37. The fraction of sp³-hybridized carbons (Fsp3) is 0.583. The topological polar surface area (TPSA) is 64.8 Å². The van der Waals surface area contributed by atoms with Gasteiger partial charge in [-0.3, -0.25) is 4.79 Å². The van der Waals surface area contributed by atoms with Crippen molar-refractivity contribution in [2.24, 2.45) is 0 Å². The number of carbonyl (C=O) groups is 1. The first-order valence-corrected chi connectivity index (χ1v) is 6.70. The highest BCUT2D eigenvalue weighted by atomic mass is 32.1. The zero-order valence-electron chi connectivity index (χ0n) is 10.9. The van der Waals surface area contributed by atoms with Gasteiger partial charge in [-0.25, -0.2) is 0 Å². The molecular formula is C12H18N2O3S. The molecule has 1 aromatic heterocycles. The molecule has 5 nitrogen and oxygen atoms in total. The molecule has 1 fully saturated rings. The van der Waals surface area contributed by atoms with E-state index in [0.717, 1.165) is 18.1 Å². The number of nitrogens with two attached hydrogens (primary N) is 1. The number of Topliss-reactive ketones (excluding diaryl/α,β-unsaturated/α-hetero) is 1. The minimum absolute atomic E-state index is 0.0247. The molecule has 100 valence electrons. The molecule has 2 N–H and O–H groups in total. The maximum absolute atomic E-state index is 11.5. The Labute approximate surface area is 110 Å². The van der Waals surface area contributed by atoms with Crippen LogP contribution in [0.5, 0.6) is 5.75 Å². The first kappa shape index (κ1) is 13.2. The molecule has 1 atom stereocenters. The van der Waals surface area contributed by atoms with Gasteiger partial charge in [0.1, 0.15) is 5.00 Å². The van der Waals surface area contributed by atoms with E-state index in [9.17, 15) is 4.79 Å². The number of nitrogen functional groups attached to an aromatic ring is 1. The monoisotopic (exact) mass is 270 g/mol. The van der Waals surface area contributed by atoms with Gasteiger partial charge in [0.25, 0.3) is 0 Å². The molecule has 2 rings (SSSR count). The van der Waals surface area contributed by atoms with Gasteiger partial charge in [0.2, 0.25) is 0 Å². The van der Waals surface area contributed by atoms with Gasteiger partial charge in [0, 0.05) is 20.0 Å². The third-order valence-electron chi connectivity index (χ3n) is 2.93. The average molecular weight is 270 g/mol. The molecule has 1 aliphatic heterocycles. The molecule has 1 aromatic rings. The summed E-state index contributed by atoms with van der Waals surface area (Å²) < 4.78 is 10.9. The van der Waals surface area contributed by atoms with Gasteiger partial charge in [0.15, 0.2) is 11.5 Å². The van der Waals surface area contributed by atoms with Gasteiger partial charge in [-0.15, -0.1) is 11.3 Å². The van der Waals surface area contributed by atoms with E-state index in [1.165, 1.54) is 18.3 Å². The van der Waals surface area contributed by atoms with Crippen molar-refractivity contribution >= 4 is 27.8 Å². The SMILES string of the molecule is COc1c(N2CCOC(C)C2)sc(C(C)=O)c1N. The summed E-state index contributed by atoms with van der Waals surface area (Å²) in [4.78, 5) is 14.3. The molecule has 0 aliphatic carbocycles. The van der Waals surface area contributed by atoms with E-state index >= 15 is 0 Å². The van der Waals surface area contributed by atoms with Gasteiger partial charge in [-0.1, -0.05) is 0 Å². The van der Waals surface area contributed by atoms with E-state index in [1.54, 1.807) is 7.11 Å². The average Bonchev–Trinajstić information content (AvgIpc) is 2.66. The number of methoxy groups -OCH3 is 1. The van der Waals surface area contributed by atoms with Gasteiger partial charge < -0.3 is 20.1 Å². The standard InChI is InChI=1S/C12H18N2O3S/c1-7-6-14(4-5-17-7)12-10(16-3)9(13)11(18-12)8(2)15/h7H,4-6,13H2,1-3H3. The normalized spacial score (nSPS) is 19.9. The van der Waals surface area contributed by atoms with Crippen LogP contribution >= 0.6 is 11.3 Å². The van der Waals surface area contributed by atoms with E-state index in [0.29, 0.717) is 22.9 Å². The molecule has 1 aliphatic rings. The van der Waals surface area contributed by atoms with Crippen LogP contribution in [-0.4, -0.2) is 38.7 Å². The van der Waals surface area contributed by atoms with Crippen LogP contribution < -0.4 is 15.4 Å². The minimum atomic E-state index is -0.0247. The Morgan fingerprint density at radius 2 is 2.33 bits per heavy atom. The Morgan fingerprint density at radius 1 is 1.61 bits per heavy atom. The van der Waals surface area contributed by atoms with E-state index in [1.807, 2.05) is 6.92 Å². The zero-order valence-corrected chi connectivity index (χ0v) is 11.7. The van der Waals surface area contributed by atoms with E-state index < -0.39 is 0 Å². The number of morpholine rings is 1.